The maximum atomic E-state index is 5.15. The van der Waals surface area contributed by atoms with Gasteiger partial charge in [0, 0.05) is 62.9 Å². The molecule has 1 aromatic carbocycles. The molecule has 1 aliphatic carbocycles. The number of likely N-dealkylation sites (tertiary alicyclic amines) is 1. The van der Waals surface area contributed by atoms with E-state index in [0.717, 1.165) is 49.6 Å². The lowest BCUT2D eigenvalue weighted by Crippen LogP contribution is -2.50. The van der Waals surface area contributed by atoms with Crippen molar-refractivity contribution in [3.05, 3.63) is 34.3 Å². The van der Waals surface area contributed by atoms with Crippen LogP contribution in [0.4, 0.5) is 0 Å². The van der Waals surface area contributed by atoms with Gasteiger partial charge < -0.3 is 20.3 Å². The summed E-state index contributed by atoms with van der Waals surface area (Å²) in [4.78, 5) is 7.00. The normalized spacial score (nSPS) is 19.8. The minimum Gasteiger partial charge on any atom is -0.385 e. The zero-order valence-electron chi connectivity index (χ0n) is 17.0. The van der Waals surface area contributed by atoms with Crippen molar-refractivity contribution >= 4 is 45.9 Å². The highest BCUT2D eigenvalue weighted by Gasteiger charge is 2.44. The van der Waals surface area contributed by atoms with Gasteiger partial charge in [-0.25, -0.2) is 0 Å². The molecule has 7 heteroatoms. The molecule has 3 rings (SSSR count). The van der Waals surface area contributed by atoms with Crippen molar-refractivity contribution in [3.63, 3.8) is 0 Å². The Hall–Kier alpha value is -0.380. The number of nitrogens with zero attached hydrogens (tertiary/aromatic N) is 2. The smallest absolute Gasteiger partial charge is 0.191 e. The van der Waals surface area contributed by atoms with Crippen LogP contribution in [0.2, 0.25) is 0 Å². The first-order valence-electron chi connectivity index (χ1n) is 10.1. The molecule has 0 atom stereocenters. The quantitative estimate of drug-likeness (QED) is 0.218. The third-order valence-electron chi connectivity index (χ3n) is 5.86. The molecule has 0 bridgehead atoms. The Morgan fingerprint density at radius 3 is 2.68 bits per heavy atom. The lowest BCUT2D eigenvalue weighted by Gasteiger charge is -2.33. The molecule has 0 spiro atoms. The van der Waals surface area contributed by atoms with Gasteiger partial charge in [-0.1, -0.05) is 28.1 Å². The van der Waals surface area contributed by atoms with Gasteiger partial charge in [-0.3, -0.25) is 4.99 Å². The van der Waals surface area contributed by atoms with Crippen molar-refractivity contribution in [2.45, 2.75) is 43.6 Å². The summed E-state index contributed by atoms with van der Waals surface area (Å²) in [7, 11) is 3.64. The molecular weight excluding hydrogens is 531 g/mol. The third kappa shape index (κ3) is 6.85. The Labute approximate surface area is 195 Å². The molecule has 0 unspecified atom stereocenters. The van der Waals surface area contributed by atoms with Crippen LogP contribution in [0.15, 0.2) is 33.7 Å². The van der Waals surface area contributed by atoms with Crippen molar-refractivity contribution in [1.82, 2.24) is 15.5 Å². The molecule has 1 aromatic rings. The summed E-state index contributed by atoms with van der Waals surface area (Å²) in [6, 6.07) is 9.23. The Morgan fingerprint density at radius 2 is 2.07 bits per heavy atom. The maximum Gasteiger partial charge on any atom is 0.191 e. The molecule has 0 radical (unpaired) electrons. The minimum absolute atomic E-state index is 0. The summed E-state index contributed by atoms with van der Waals surface area (Å²) in [6.07, 6.45) is 5.95. The predicted molar refractivity (Wildman–Crippen MR) is 131 cm³/mol. The van der Waals surface area contributed by atoms with E-state index in [1.54, 1.807) is 7.11 Å². The Kier molecular flexibility index (Phi) is 10.00. The second kappa shape index (κ2) is 11.7. The first-order chi connectivity index (χ1) is 13.1. The second-order valence-corrected chi connectivity index (χ2v) is 8.74. The molecule has 158 valence electrons. The first kappa shape index (κ1) is 23.9. The number of ether oxygens (including phenoxy) is 1. The molecule has 5 nitrogen and oxygen atoms in total. The molecule has 0 amide bonds. The fourth-order valence-corrected chi connectivity index (χ4v) is 4.31. The third-order valence-corrected chi connectivity index (χ3v) is 6.35. The van der Waals surface area contributed by atoms with Crippen LogP contribution in [0.3, 0.4) is 0 Å². The average Bonchev–Trinajstić information content (AvgIpc) is 3.48. The molecule has 28 heavy (non-hydrogen) atoms. The summed E-state index contributed by atoms with van der Waals surface area (Å²) in [5.41, 5.74) is 1.69. The van der Waals surface area contributed by atoms with E-state index in [-0.39, 0.29) is 29.4 Å². The summed E-state index contributed by atoms with van der Waals surface area (Å²) in [6.45, 7) is 5.25. The van der Waals surface area contributed by atoms with Gasteiger partial charge in [0.15, 0.2) is 5.96 Å². The van der Waals surface area contributed by atoms with Gasteiger partial charge in [0.1, 0.15) is 0 Å². The highest BCUT2D eigenvalue weighted by molar-refractivity contribution is 14.0. The monoisotopic (exact) mass is 564 g/mol. The van der Waals surface area contributed by atoms with E-state index in [1.165, 1.54) is 31.2 Å². The fraction of sp³-hybridized carbons (Fsp3) is 0.667. The Morgan fingerprint density at radius 1 is 1.32 bits per heavy atom. The number of aliphatic imine (C=N–C) groups is 1. The predicted octanol–water partition coefficient (Wildman–Crippen LogP) is 3.76. The van der Waals surface area contributed by atoms with E-state index in [4.69, 9.17) is 4.74 Å². The van der Waals surface area contributed by atoms with E-state index in [0.29, 0.717) is 6.04 Å². The van der Waals surface area contributed by atoms with Gasteiger partial charge in [0.2, 0.25) is 0 Å². The fourth-order valence-electron chi connectivity index (χ4n) is 3.91. The van der Waals surface area contributed by atoms with Crippen LogP contribution in [0.5, 0.6) is 0 Å². The highest BCUT2D eigenvalue weighted by Crippen LogP contribution is 2.48. The number of nitrogens with one attached hydrogen (secondary N) is 2. The van der Waals surface area contributed by atoms with Crippen molar-refractivity contribution in [1.29, 1.82) is 0 Å². The molecule has 1 saturated heterocycles. The zero-order valence-corrected chi connectivity index (χ0v) is 21.0. The van der Waals surface area contributed by atoms with E-state index < -0.39 is 0 Å². The molecule has 1 aliphatic heterocycles. The summed E-state index contributed by atoms with van der Waals surface area (Å²) < 4.78 is 6.31. The molecule has 1 heterocycles. The number of guanidine groups is 1. The molecule has 0 aromatic heterocycles. The zero-order chi connectivity index (χ0) is 19.1. The van der Waals surface area contributed by atoms with Gasteiger partial charge >= 0.3 is 0 Å². The van der Waals surface area contributed by atoms with Crippen LogP contribution in [0, 0.1) is 0 Å². The number of piperidine rings is 1. The number of halogens is 2. The lowest BCUT2D eigenvalue weighted by molar-refractivity contribution is 0.155. The van der Waals surface area contributed by atoms with E-state index in [2.05, 4.69) is 60.7 Å². The van der Waals surface area contributed by atoms with Crippen molar-refractivity contribution in [2.75, 3.05) is 46.9 Å². The van der Waals surface area contributed by atoms with Gasteiger partial charge in [-0.15, -0.1) is 24.0 Å². The van der Waals surface area contributed by atoms with Crippen LogP contribution >= 0.6 is 39.9 Å². The number of methoxy groups -OCH3 is 1. The van der Waals surface area contributed by atoms with Crippen molar-refractivity contribution < 1.29 is 4.74 Å². The first-order valence-corrected chi connectivity index (χ1v) is 10.9. The topological polar surface area (TPSA) is 48.9 Å². The van der Waals surface area contributed by atoms with E-state index in [1.807, 2.05) is 7.05 Å². The highest BCUT2D eigenvalue weighted by atomic mass is 127. The molecule has 1 saturated carbocycles. The van der Waals surface area contributed by atoms with Crippen LogP contribution in [0.1, 0.15) is 37.7 Å². The second-order valence-electron chi connectivity index (χ2n) is 7.82. The van der Waals surface area contributed by atoms with Gasteiger partial charge in [0.05, 0.1) is 0 Å². The van der Waals surface area contributed by atoms with Gasteiger partial charge in [-0.2, -0.15) is 0 Å². The van der Waals surface area contributed by atoms with Crippen LogP contribution in [-0.4, -0.2) is 63.8 Å². The Balaban J connectivity index is 0.00000280. The van der Waals surface area contributed by atoms with Gasteiger partial charge in [0.25, 0.3) is 0 Å². The minimum atomic E-state index is 0. The number of hydrogen-bond donors (Lipinski definition) is 2. The van der Waals surface area contributed by atoms with Gasteiger partial charge in [-0.05, 0) is 49.8 Å². The summed E-state index contributed by atoms with van der Waals surface area (Å²) >= 11 is 3.60. The standard InChI is InChI=1S/C21H33BrN4O.HI/c1-23-20(25-19-7-12-26(13-8-19)11-4-14-27-2)24-16-21(9-10-21)17-5-3-6-18(22)15-17;/h3,5-6,15,19H,4,7-14,16H2,1-2H3,(H2,23,24,25);1H. The van der Waals surface area contributed by atoms with Crippen molar-refractivity contribution in [3.8, 4) is 0 Å². The van der Waals surface area contributed by atoms with Crippen LogP contribution in [0.25, 0.3) is 0 Å². The lowest BCUT2D eigenvalue weighted by atomic mass is 9.96. The van der Waals surface area contributed by atoms with Crippen molar-refractivity contribution in [2.24, 2.45) is 4.99 Å². The largest absolute Gasteiger partial charge is 0.385 e. The van der Waals surface area contributed by atoms with E-state index >= 15 is 0 Å². The molecular formula is C21H34BrIN4O. The number of benzene rings is 1. The van der Waals surface area contributed by atoms with E-state index in [9.17, 15) is 0 Å². The molecule has 2 aliphatic rings. The Bertz CT molecular complexity index is 631. The van der Waals surface area contributed by atoms with Crippen LogP contribution < -0.4 is 10.6 Å². The summed E-state index contributed by atoms with van der Waals surface area (Å²) in [5.74, 6) is 0.939. The molecule has 2 N–H and O–H groups in total. The maximum absolute atomic E-state index is 5.15. The average molecular weight is 565 g/mol. The number of hydrogen-bond acceptors (Lipinski definition) is 3. The molecule has 2 fully saturated rings. The van der Waals surface area contributed by atoms with Crippen LogP contribution in [-0.2, 0) is 10.2 Å². The number of rotatable bonds is 8. The SMILES string of the molecule is CN=C(NCC1(c2cccc(Br)c2)CC1)NC1CCN(CCCOC)CC1.I. The summed E-state index contributed by atoms with van der Waals surface area (Å²) in [5, 5.41) is 7.22.